The molecule has 2 aromatic rings. The first-order valence-corrected chi connectivity index (χ1v) is 6.72. The molecule has 6 nitrogen and oxygen atoms in total. The molecule has 0 atom stereocenters. The van der Waals surface area contributed by atoms with Gasteiger partial charge in [-0.1, -0.05) is 0 Å². The van der Waals surface area contributed by atoms with Crippen LogP contribution in [-0.4, -0.2) is 31.5 Å². The first kappa shape index (κ1) is 18.1. The Labute approximate surface area is 129 Å². The molecule has 0 aliphatic heterocycles. The van der Waals surface area contributed by atoms with E-state index in [0.717, 1.165) is 0 Å². The van der Waals surface area contributed by atoms with Gasteiger partial charge in [-0.15, -0.1) is 0 Å². The average molecular weight is 358 g/mol. The highest BCUT2D eigenvalue weighted by atomic mass is 19.4. The predicted octanol–water partition coefficient (Wildman–Crippen LogP) is 2.10. The van der Waals surface area contributed by atoms with Crippen LogP contribution in [0, 0.1) is 6.92 Å². The lowest BCUT2D eigenvalue weighted by atomic mass is 10.3. The summed E-state index contributed by atoms with van der Waals surface area (Å²) in [4.78, 5) is 30.4. The van der Waals surface area contributed by atoms with Crippen LogP contribution in [0.15, 0.2) is 9.59 Å². The molecule has 2 rings (SSSR count). The van der Waals surface area contributed by atoms with Gasteiger partial charge in [-0.05, 0) is 13.3 Å². The number of hydrogen-bond donors (Lipinski definition) is 1. The molecule has 0 aliphatic carbocycles. The smallest absolute Gasteiger partial charge is 0.336 e. The number of H-pyrrole nitrogens is 1. The molecule has 0 amide bonds. The van der Waals surface area contributed by atoms with Gasteiger partial charge >= 0.3 is 18.0 Å². The molecule has 0 bridgehead atoms. The number of aromatic amines is 1. The van der Waals surface area contributed by atoms with Crippen LogP contribution in [0.3, 0.4) is 0 Å². The zero-order valence-electron chi connectivity index (χ0n) is 12.3. The van der Waals surface area contributed by atoms with E-state index in [2.05, 4.69) is 9.97 Å². The largest absolute Gasteiger partial charge is 0.406 e. The van der Waals surface area contributed by atoms with Crippen LogP contribution in [0.1, 0.15) is 18.7 Å². The number of nitrogens with one attached hydrogen (secondary N) is 1. The molecule has 0 unspecified atom stereocenters. The molecule has 134 valence electrons. The number of aromatic nitrogens is 4. The van der Waals surface area contributed by atoms with Crippen molar-refractivity contribution in [3.63, 3.8) is 0 Å². The number of rotatable bonds is 4. The summed E-state index contributed by atoms with van der Waals surface area (Å²) in [6.45, 7) is -0.981. The van der Waals surface area contributed by atoms with Crippen molar-refractivity contribution in [2.75, 3.05) is 0 Å². The topological polar surface area (TPSA) is 72.7 Å². The Hall–Kier alpha value is -2.27. The molecule has 24 heavy (non-hydrogen) atoms. The Kier molecular flexibility index (Phi) is 4.50. The number of aryl methyl sites for hydroxylation is 1. The van der Waals surface area contributed by atoms with Gasteiger partial charge in [-0.25, -0.2) is 9.78 Å². The molecule has 2 aromatic heterocycles. The third kappa shape index (κ3) is 3.97. The van der Waals surface area contributed by atoms with Gasteiger partial charge in [-0.2, -0.15) is 26.3 Å². The van der Waals surface area contributed by atoms with E-state index in [4.69, 9.17) is 0 Å². The molecule has 0 aromatic carbocycles. The van der Waals surface area contributed by atoms with E-state index in [1.807, 2.05) is 0 Å². The lowest BCUT2D eigenvalue weighted by Gasteiger charge is -2.13. The highest BCUT2D eigenvalue weighted by Gasteiger charge is 2.31. The number of fused-ring (bicyclic) bond motifs is 1. The van der Waals surface area contributed by atoms with Crippen LogP contribution < -0.4 is 11.2 Å². The summed E-state index contributed by atoms with van der Waals surface area (Å²) in [5.74, 6) is 0.102. The maximum atomic E-state index is 12.7. The van der Waals surface area contributed by atoms with Crippen LogP contribution >= 0.6 is 0 Å². The summed E-state index contributed by atoms with van der Waals surface area (Å²) in [6.07, 6.45) is -11.1. The highest BCUT2D eigenvalue weighted by Crippen LogP contribution is 2.21. The SMILES string of the molecule is Cc1nc2c([nH]1)c(=O)n(CCCC(F)(F)F)c(=O)n2CC(F)(F)F. The van der Waals surface area contributed by atoms with Crippen LogP contribution in [-0.2, 0) is 13.1 Å². The Morgan fingerprint density at radius 2 is 1.67 bits per heavy atom. The normalized spacial score (nSPS) is 13.0. The maximum Gasteiger partial charge on any atom is 0.406 e. The quantitative estimate of drug-likeness (QED) is 0.851. The van der Waals surface area contributed by atoms with Gasteiger partial charge in [0.2, 0.25) is 0 Å². The predicted molar refractivity (Wildman–Crippen MR) is 70.7 cm³/mol. The van der Waals surface area contributed by atoms with E-state index in [1.54, 1.807) is 0 Å². The van der Waals surface area contributed by atoms with E-state index in [-0.39, 0.29) is 15.9 Å². The minimum absolute atomic E-state index is 0.102. The number of alkyl halides is 6. The summed E-state index contributed by atoms with van der Waals surface area (Å²) >= 11 is 0. The van der Waals surface area contributed by atoms with Crippen molar-refractivity contribution >= 4 is 11.2 Å². The summed E-state index contributed by atoms with van der Waals surface area (Å²) < 4.78 is 75.1. The van der Waals surface area contributed by atoms with Gasteiger partial charge in [0.1, 0.15) is 17.9 Å². The molecular formula is C12H12F6N4O2. The van der Waals surface area contributed by atoms with Crippen molar-refractivity contribution in [2.45, 2.75) is 45.2 Å². The molecule has 0 fully saturated rings. The summed E-state index contributed by atoms with van der Waals surface area (Å²) in [7, 11) is 0. The van der Waals surface area contributed by atoms with Crippen molar-refractivity contribution < 1.29 is 26.3 Å². The standard InChI is InChI=1S/C12H12F6N4O2/c1-6-19-7-8(20-6)22(5-12(16,17)18)10(24)21(9(7)23)4-2-3-11(13,14)15/h2-5H2,1H3,(H,19,20). The van der Waals surface area contributed by atoms with Crippen molar-refractivity contribution in [3.05, 3.63) is 26.7 Å². The molecule has 1 N–H and O–H groups in total. The van der Waals surface area contributed by atoms with E-state index in [1.165, 1.54) is 6.92 Å². The zero-order valence-corrected chi connectivity index (χ0v) is 12.3. The van der Waals surface area contributed by atoms with Crippen molar-refractivity contribution in [3.8, 4) is 0 Å². The maximum absolute atomic E-state index is 12.7. The summed E-state index contributed by atoms with van der Waals surface area (Å²) in [6, 6.07) is 0. The molecule has 0 saturated carbocycles. The molecule has 0 aliphatic rings. The molecule has 0 spiro atoms. The second kappa shape index (κ2) is 5.98. The van der Waals surface area contributed by atoms with Gasteiger partial charge in [0.15, 0.2) is 5.65 Å². The summed E-state index contributed by atoms with van der Waals surface area (Å²) in [5.41, 5.74) is -3.19. The molecule has 2 heterocycles. The third-order valence-corrected chi connectivity index (χ3v) is 3.16. The van der Waals surface area contributed by atoms with Crippen LogP contribution in [0.4, 0.5) is 26.3 Å². The first-order valence-electron chi connectivity index (χ1n) is 6.72. The lowest BCUT2D eigenvalue weighted by Crippen LogP contribution is -2.42. The third-order valence-electron chi connectivity index (χ3n) is 3.16. The Balaban J connectivity index is 2.55. The van der Waals surface area contributed by atoms with E-state index in [9.17, 15) is 35.9 Å². The second-order valence-electron chi connectivity index (χ2n) is 5.18. The van der Waals surface area contributed by atoms with Gasteiger partial charge in [0.25, 0.3) is 5.56 Å². The van der Waals surface area contributed by atoms with E-state index in [0.29, 0.717) is 4.57 Å². The monoisotopic (exact) mass is 358 g/mol. The number of hydrogen-bond acceptors (Lipinski definition) is 3. The molecule has 0 radical (unpaired) electrons. The fraction of sp³-hybridized carbons (Fsp3) is 0.583. The van der Waals surface area contributed by atoms with Crippen LogP contribution in [0.25, 0.3) is 11.2 Å². The van der Waals surface area contributed by atoms with E-state index >= 15 is 0 Å². The average Bonchev–Trinajstić information content (AvgIpc) is 2.78. The zero-order chi connectivity index (χ0) is 18.3. The number of halogens is 6. The van der Waals surface area contributed by atoms with Crippen molar-refractivity contribution in [1.29, 1.82) is 0 Å². The number of nitrogens with zero attached hydrogens (tertiary/aromatic N) is 3. The Morgan fingerprint density at radius 1 is 1.04 bits per heavy atom. The molecular weight excluding hydrogens is 346 g/mol. The van der Waals surface area contributed by atoms with Crippen molar-refractivity contribution in [2.24, 2.45) is 0 Å². The number of imidazole rings is 1. The minimum atomic E-state index is -4.77. The first-order chi connectivity index (χ1) is 10.9. The van der Waals surface area contributed by atoms with Crippen LogP contribution in [0.2, 0.25) is 0 Å². The lowest BCUT2D eigenvalue weighted by molar-refractivity contribution is -0.140. The van der Waals surface area contributed by atoms with Gasteiger partial charge in [-0.3, -0.25) is 13.9 Å². The fourth-order valence-electron chi connectivity index (χ4n) is 2.24. The van der Waals surface area contributed by atoms with Crippen LogP contribution in [0.5, 0.6) is 0 Å². The highest BCUT2D eigenvalue weighted by molar-refractivity contribution is 5.69. The molecule has 0 saturated heterocycles. The Morgan fingerprint density at radius 3 is 2.21 bits per heavy atom. The van der Waals surface area contributed by atoms with Gasteiger partial charge < -0.3 is 4.98 Å². The fourth-order valence-corrected chi connectivity index (χ4v) is 2.24. The summed E-state index contributed by atoms with van der Waals surface area (Å²) in [5, 5.41) is 0. The Bertz CT molecular complexity index is 858. The second-order valence-corrected chi connectivity index (χ2v) is 5.18. The van der Waals surface area contributed by atoms with E-state index < -0.39 is 55.2 Å². The van der Waals surface area contributed by atoms with Gasteiger partial charge in [0.05, 0.1) is 0 Å². The van der Waals surface area contributed by atoms with Gasteiger partial charge in [0, 0.05) is 13.0 Å². The van der Waals surface area contributed by atoms with Crippen molar-refractivity contribution in [1.82, 2.24) is 19.1 Å². The molecule has 12 heteroatoms. The minimum Gasteiger partial charge on any atom is -0.336 e.